The molecule has 5 nitrogen and oxygen atoms in total. The Morgan fingerprint density at radius 1 is 1.38 bits per heavy atom. The fraction of sp³-hybridized carbons (Fsp3) is 0.545. The van der Waals surface area contributed by atoms with E-state index in [9.17, 15) is 5.21 Å². The Bertz CT molecular complexity index is 301. The number of hydrogen-bond acceptors (Lipinski definition) is 5. The maximum absolute atomic E-state index is 11.6. The Kier molecular flexibility index (Phi) is 4.10. The summed E-state index contributed by atoms with van der Waals surface area (Å²) in [6.45, 7) is 1.73. The predicted molar refractivity (Wildman–Crippen MR) is 59.9 cm³/mol. The zero-order valence-corrected chi connectivity index (χ0v) is 9.04. The van der Waals surface area contributed by atoms with Gasteiger partial charge in [-0.05, 0) is 18.6 Å². The summed E-state index contributed by atoms with van der Waals surface area (Å²) in [5.41, 5.74) is 0. The molecule has 1 aromatic rings. The number of rotatable bonds is 5. The molecule has 0 N–H and O–H groups in total. The number of hydroxylamine groups is 1. The topological polar surface area (TPSA) is 57.7 Å². The molecule has 0 saturated carbocycles. The number of anilines is 1. The molecule has 0 bridgehead atoms. The minimum absolute atomic E-state index is 0.128. The molecule has 1 aliphatic rings. The second-order valence-electron chi connectivity index (χ2n) is 3.60. The SMILES string of the molecule is [O-]N(CCCC1OCCO1)c1ccccn1. The van der Waals surface area contributed by atoms with E-state index in [4.69, 9.17) is 9.47 Å². The third-order valence-corrected chi connectivity index (χ3v) is 2.40. The van der Waals surface area contributed by atoms with Gasteiger partial charge in [-0.25, -0.2) is 4.98 Å². The highest BCUT2D eigenvalue weighted by molar-refractivity contribution is 5.38. The highest BCUT2D eigenvalue weighted by Gasteiger charge is 2.14. The van der Waals surface area contributed by atoms with Crippen molar-refractivity contribution in [1.82, 2.24) is 4.98 Å². The molecular weight excluding hydrogens is 208 g/mol. The van der Waals surface area contributed by atoms with Gasteiger partial charge in [-0.1, -0.05) is 6.07 Å². The molecule has 88 valence electrons. The van der Waals surface area contributed by atoms with Crippen molar-refractivity contribution in [2.45, 2.75) is 19.1 Å². The van der Waals surface area contributed by atoms with Crippen LogP contribution >= 0.6 is 0 Å². The molecule has 16 heavy (non-hydrogen) atoms. The molecule has 0 atom stereocenters. The number of aromatic nitrogens is 1. The first-order chi connectivity index (χ1) is 7.86. The molecule has 0 amide bonds. The molecule has 1 aromatic heterocycles. The van der Waals surface area contributed by atoms with Crippen molar-refractivity contribution in [1.29, 1.82) is 0 Å². The lowest BCUT2D eigenvalue weighted by atomic mass is 10.3. The lowest BCUT2D eigenvalue weighted by Crippen LogP contribution is -2.19. The second-order valence-corrected chi connectivity index (χ2v) is 3.60. The zero-order chi connectivity index (χ0) is 11.2. The van der Waals surface area contributed by atoms with Gasteiger partial charge in [-0.2, -0.15) is 0 Å². The first-order valence-corrected chi connectivity index (χ1v) is 5.45. The maximum Gasteiger partial charge on any atom is 0.157 e. The molecule has 0 spiro atoms. The van der Waals surface area contributed by atoms with Crippen LogP contribution in [0.2, 0.25) is 0 Å². The molecule has 0 aromatic carbocycles. The summed E-state index contributed by atoms with van der Waals surface area (Å²) in [6, 6.07) is 5.30. The van der Waals surface area contributed by atoms with Gasteiger partial charge in [0.25, 0.3) is 0 Å². The van der Waals surface area contributed by atoms with Crippen LogP contribution in [0, 0.1) is 5.21 Å². The van der Waals surface area contributed by atoms with E-state index in [1.165, 1.54) is 0 Å². The number of hydrogen-bond donors (Lipinski definition) is 0. The summed E-state index contributed by atoms with van der Waals surface area (Å²) in [7, 11) is 0. The Labute approximate surface area is 94.6 Å². The van der Waals surface area contributed by atoms with Gasteiger partial charge in [0, 0.05) is 19.2 Å². The smallest absolute Gasteiger partial charge is 0.157 e. The summed E-state index contributed by atoms with van der Waals surface area (Å²) in [5, 5.41) is 12.5. The zero-order valence-electron chi connectivity index (χ0n) is 9.04. The van der Waals surface area contributed by atoms with Crippen molar-refractivity contribution < 1.29 is 9.47 Å². The molecule has 1 aliphatic heterocycles. The van der Waals surface area contributed by atoms with E-state index in [0.717, 1.165) is 17.9 Å². The number of pyridine rings is 1. The first-order valence-electron chi connectivity index (χ1n) is 5.45. The molecule has 0 unspecified atom stereocenters. The summed E-state index contributed by atoms with van der Waals surface area (Å²) < 4.78 is 10.6. The normalized spacial score (nSPS) is 16.6. The predicted octanol–water partition coefficient (Wildman–Crippen LogP) is 1.54. The van der Waals surface area contributed by atoms with E-state index in [1.807, 2.05) is 0 Å². The van der Waals surface area contributed by atoms with Crippen LogP contribution < -0.4 is 5.06 Å². The molecule has 5 heteroatoms. The van der Waals surface area contributed by atoms with E-state index in [2.05, 4.69) is 4.98 Å². The summed E-state index contributed by atoms with van der Waals surface area (Å²) in [6.07, 6.45) is 2.98. The van der Waals surface area contributed by atoms with E-state index < -0.39 is 0 Å². The molecule has 0 aliphatic carbocycles. The molecule has 0 radical (unpaired) electrons. The fourth-order valence-electron chi connectivity index (χ4n) is 1.59. The van der Waals surface area contributed by atoms with Crippen molar-refractivity contribution in [2.24, 2.45) is 0 Å². The number of nitrogens with zero attached hydrogens (tertiary/aromatic N) is 2. The second kappa shape index (κ2) is 5.79. The quantitative estimate of drug-likeness (QED) is 0.709. The summed E-state index contributed by atoms with van der Waals surface area (Å²) in [4.78, 5) is 3.98. The minimum atomic E-state index is -0.128. The molecule has 1 saturated heterocycles. The highest BCUT2D eigenvalue weighted by atomic mass is 16.7. The molecule has 2 heterocycles. The average Bonchev–Trinajstić information content (AvgIpc) is 2.83. The summed E-state index contributed by atoms with van der Waals surface area (Å²) in [5.74, 6) is 0.454. The van der Waals surface area contributed by atoms with E-state index in [1.54, 1.807) is 24.4 Å². The van der Waals surface area contributed by atoms with Crippen LogP contribution in [0.1, 0.15) is 12.8 Å². The van der Waals surface area contributed by atoms with E-state index in [-0.39, 0.29) is 6.29 Å². The van der Waals surface area contributed by atoms with Gasteiger partial charge < -0.3 is 19.7 Å². The van der Waals surface area contributed by atoms with Crippen LogP contribution in [0.5, 0.6) is 0 Å². The minimum Gasteiger partial charge on any atom is -0.757 e. The molecule has 1 fully saturated rings. The third-order valence-electron chi connectivity index (χ3n) is 2.40. The van der Waals surface area contributed by atoms with Crippen LogP contribution in [-0.2, 0) is 9.47 Å². The molecular formula is C11H15N2O3-. The average molecular weight is 223 g/mol. The Balaban J connectivity index is 1.69. The van der Waals surface area contributed by atoms with Crippen molar-refractivity contribution in [3.05, 3.63) is 29.6 Å². The lowest BCUT2D eigenvalue weighted by Gasteiger charge is -2.29. The van der Waals surface area contributed by atoms with E-state index in [0.29, 0.717) is 25.6 Å². The van der Waals surface area contributed by atoms with Crippen LogP contribution in [0.3, 0.4) is 0 Å². The van der Waals surface area contributed by atoms with Gasteiger partial charge in [-0.15, -0.1) is 0 Å². The summed E-state index contributed by atoms with van der Waals surface area (Å²) >= 11 is 0. The van der Waals surface area contributed by atoms with Crippen molar-refractivity contribution >= 4 is 5.82 Å². The van der Waals surface area contributed by atoms with Crippen molar-refractivity contribution in [3.8, 4) is 0 Å². The monoisotopic (exact) mass is 223 g/mol. The first kappa shape index (κ1) is 11.3. The lowest BCUT2D eigenvalue weighted by molar-refractivity contribution is -0.0472. The largest absolute Gasteiger partial charge is 0.757 e. The van der Waals surface area contributed by atoms with Gasteiger partial charge in [0.05, 0.1) is 13.2 Å². The standard InChI is InChI=1S/C11H15N2O3/c14-13(10-4-1-2-6-12-10)7-3-5-11-15-8-9-16-11/h1-2,4,6,11H,3,5,7-9H2/q-1. The van der Waals surface area contributed by atoms with Crippen LogP contribution in [0.25, 0.3) is 0 Å². The van der Waals surface area contributed by atoms with Gasteiger partial charge in [-0.3, -0.25) is 0 Å². The third kappa shape index (κ3) is 3.16. The Morgan fingerprint density at radius 3 is 2.88 bits per heavy atom. The van der Waals surface area contributed by atoms with Crippen LogP contribution in [-0.4, -0.2) is 31.0 Å². The van der Waals surface area contributed by atoms with Crippen molar-refractivity contribution in [3.63, 3.8) is 0 Å². The Hall–Kier alpha value is -1.17. The van der Waals surface area contributed by atoms with Crippen LogP contribution in [0.4, 0.5) is 5.82 Å². The highest BCUT2D eigenvalue weighted by Crippen LogP contribution is 2.13. The maximum atomic E-state index is 11.6. The molecule has 2 rings (SSSR count). The van der Waals surface area contributed by atoms with Crippen LogP contribution in [0.15, 0.2) is 24.4 Å². The Morgan fingerprint density at radius 2 is 2.19 bits per heavy atom. The van der Waals surface area contributed by atoms with Crippen molar-refractivity contribution in [2.75, 3.05) is 24.8 Å². The fourth-order valence-corrected chi connectivity index (χ4v) is 1.59. The van der Waals surface area contributed by atoms with Gasteiger partial charge in [0.15, 0.2) is 6.29 Å². The van der Waals surface area contributed by atoms with E-state index >= 15 is 0 Å². The van der Waals surface area contributed by atoms with Gasteiger partial charge in [0.1, 0.15) is 5.82 Å². The number of ether oxygens (including phenoxy) is 2. The van der Waals surface area contributed by atoms with Gasteiger partial charge >= 0.3 is 0 Å². The van der Waals surface area contributed by atoms with Gasteiger partial charge in [0.2, 0.25) is 0 Å².